The number of halogens is 2. The van der Waals surface area contributed by atoms with Crippen LogP contribution in [0.1, 0.15) is 12.0 Å². The predicted octanol–water partition coefficient (Wildman–Crippen LogP) is 2.95. The maximum Gasteiger partial charge on any atom is 0.0748 e. The number of rotatable bonds is 2. The molecule has 0 aliphatic carbocycles. The van der Waals surface area contributed by atoms with Crippen LogP contribution in [-0.2, 0) is 0 Å². The minimum absolute atomic E-state index is 0.533. The fourth-order valence-corrected chi connectivity index (χ4v) is 1.29. The summed E-state index contributed by atoms with van der Waals surface area (Å²) in [6.45, 7) is 0.880. The summed E-state index contributed by atoms with van der Waals surface area (Å²) < 4.78 is 0. The summed E-state index contributed by atoms with van der Waals surface area (Å²) in [5, 5.41) is 4.10. The van der Waals surface area contributed by atoms with Crippen molar-refractivity contribution in [3.63, 3.8) is 0 Å². The smallest absolute Gasteiger partial charge is 0.0748 e. The molecule has 1 aromatic rings. The van der Waals surface area contributed by atoms with E-state index in [-0.39, 0.29) is 0 Å². The quantitative estimate of drug-likeness (QED) is 0.606. The van der Waals surface area contributed by atoms with Gasteiger partial charge in [-0.05, 0) is 19.2 Å². The molecular weight excluding hydrogens is 217 g/mol. The Morgan fingerprint density at radius 3 is 2.86 bits per heavy atom. The van der Waals surface area contributed by atoms with Crippen LogP contribution < -0.4 is 5.32 Å². The Bertz CT molecular complexity index is 363. The highest BCUT2D eigenvalue weighted by Gasteiger charge is 1.99. The van der Waals surface area contributed by atoms with Crippen LogP contribution in [-0.4, -0.2) is 13.6 Å². The van der Waals surface area contributed by atoms with E-state index in [0.717, 1.165) is 18.5 Å². The Kier molecular flexibility index (Phi) is 4.82. The van der Waals surface area contributed by atoms with E-state index in [9.17, 15) is 0 Å². The van der Waals surface area contributed by atoms with Crippen LogP contribution in [0, 0.1) is 11.8 Å². The molecule has 1 nitrogen and oxygen atoms in total. The van der Waals surface area contributed by atoms with Crippen LogP contribution in [0.3, 0.4) is 0 Å². The number of hydrogen-bond donors (Lipinski definition) is 1. The van der Waals surface area contributed by atoms with Gasteiger partial charge in [0.1, 0.15) is 0 Å². The Morgan fingerprint density at radius 1 is 1.36 bits per heavy atom. The van der Waals surface area contributed by atoms with E-state index in [2.05, 4.69) is 17.2 Å². The highest BCUT2D eigenvalue weighted by Crippen LogP contribution is 2.24. The normalized spacial score (nSPS) is 9.36. The van der Waals surface area contributed by atoms with Gasteiger partial charge in [0, 0.05) is 18.5 Å². The van der Waals surface area contributed by atoms with E-state index in [0.29, 0.717) is 10.0 Å². The van der Waals surface area contributed by atoms with Gasteiger partial charge in [-0.2, -0.15) is 0 Å². The molecular formula is C11H11Cl2N. The van der Waals surface area contributed by atoms with E-state index in [4.69, 9.17) is 23.2 Å². The summed E-state index contributed by atoms with van der Waals surface area (Å²) in [5.74, 6) is 6.00. The minimum atomic E-state index is 0.533. The van der Waals surface area contributed by atoms with Gasteiger partial charge in [-0.1, -0.05) is 41.1 Å². The third kappa shape index (κ3) is 3.23. The van der Waals surface area contributed by atoms with Crippen molar-refractivity contribution in [3.8, 4) is 11.8 Å². The molecule has 1 N–H and O–H groups in total. The molecule has 0 aliphatic rings. The van der Waals surface area contributed by atoms with Crippen LogP contribution in [0.25, 0.3) is 0 Å². The lowest BCUT2D eigenvalue weighted by molar-refractivity contribution is 0.818. The van der Waals surface area contributed by atoms with Crippen molar-refractivity contribution in [2.45, 2.75) is 6.42 Å². The molecule has 0 aliphatic heterocycles. The van der Waals surface area contributed by atoms with Crippen molar-refractivity contribution >= 4 is 23.2 Å². The molecule has 14 heavy (non-hydrogen) atoms. The lowest BCUT2D eigenvalue weighted by atomic mass is 10.2. The van der Waals surface area contributed by atoms with Gasteiger partial charge >= 0.3 is 0 Å². The van der Waals surface area contributed by atoms with E-state index in [1.54, 1.807) is 6.07 Å². The fraction of sp³-hybridized carbons (Fsp3) is 0.273. The van der Waals surface area contributed by atoms with Crippen LogP contribution in [0.2, 0.25) is 10.0 Å². The molecule has 0 bridgehead atoms. The van der Waals surface area contributed by atoms with Crippen molar-refractivity contribution in [2.24, 2.45) is 0 Å². The van der Waals surface area contributed by atoms with E-state index in [1.165, 1.54) is 0 Å². The van der Waals surface area contributed by atoms with Gasteiger partial charge in [-0.15, -0.1) is 0 Å². The van der Waals surface area contributed by atoms with Crippen molar-refractivity contribution in [1.82, 2.24) is 5.32 Å². The van der Waals surface area contributed by atoms with Gasteiger partial charge in [0.05, 0.1) is 10.0 Å². The highest BCUT2D eigenvalue weighted by atomic mass is 35.5. The average molecular weight is 228 g/mol. The van der Waals surface area contributed by atoms with Gasteiger partial charge in [-0.3, -0.25) is 0 Å². The number of benzene rings is 1. The van der Waals surface area contributed by atoms with Crippen molar-refractivity contribution in [1.29, 1.82) is 0 Å². The van der Waals surface area contributed by atoms with Crippen molar-refractivity contribution < 1.29 is 0 Å². The van der Waals surface area contributed by atoms with E-state index < -0.39 is 0 Å². The van der Waals surface area contributed by atoms with Crippen LogP contribution in [0.5, 0.6) is 0 Å². The Morgan fingerprint density at radius 2 is 2.14 bits per heavy atom. The molecule has 0 unspecified atom stereocenters. The molecule has 0 saturated heterocycles. The Balaban J connectivity index is 2.74. The molecule has 74 valence electrons. The summed E-state index contributed by atoms with van der Waals surface area (Å²) in [4.78, 5) is 0. The first kappa shape index (κ1) is 11.4. The van der Waals surface area contributed by atoms with Gasteiger partial charge in [0.2, 0.25) is 0 Å². The van der Waals surface area contributed by atoms with Crippen LogP contribution >= 0.6 is 23.2 Å². The average Bonchev–Trinajstić information content (AvgIpc) is 2.19. The molecule has 0 spiro atoms. The summed E-state index contributed by atoms with van der Waals surface area (Å²) in [6, 6.07) is 5.46. The molecule has 0 atom stereocenters. The van der Waals surface area contributed by atoms with E-state index >= 15 is 0 Å². The highest BCUT2D eigenvalue weighted by molar-refractivity contribution is 6.42. The predicted molar refractivity (Wildman–Crippen MR) is 61.9 cm³/mol. The molecule has 0 fully saturated rings. The zero-order valence-corrected chi connectivity index (χ0v) is 9.41. The molecule has 0 saturated carbocycles. The first-order chi connectivity index (χ1) is 6.75. The van der Waals surface area contributed by atoms with Crippen LogP contribution in [0.4, 0.5) is 0 Å². The Hall–Kier alpha value is -0.680. The largest absolute Gasteiger partial charge is 0.319 e. The maximum absolute atomic E-state index is 5.96. The van der Waals surface area contributed by atoms with E-state index in [1.807, 2.05) is 19.2 Å². The summed E-state index contributed by atoms with van der Waals surface area (Å²) in [6.07, 6.45) is 0.805. The third-order valence-electron chi connectivity index (χ3n) is 1.67. The van der Waals surface area contributed by atoms with Gasteiger partial charge < -0.3 is 5.32 Å². The van der Waals surface area contributed by atoms with Crippen molar-refractivity contribution in [2.75, 3.05) is 13.6 Å². The summed E-state index contributed by atoms with van der Waals surface area (Å²) in [5.41, 5.74) is 0.787. The first-order valence-corrected chi connectivity index (χ1v) is 5.09. The monoisotopic (exact) mass is 227 g/mol. The third-order valence-corrected chi connectivity index (χ3v) is 2.49. The van der Waals surface area contributed by atoms with Gasteiger partial charge in [-0.25, -0.2) is 0 Å². The first-order valence-electron chi connectivity index (χ1n) is 4.33. The number of hydrogen-bond acceptors (Lipinski definition) is 1. The lowest BCUT2D eigenvalue weighted by Crippen LogP contribution is -2.05. The molecule has 0 amide bonds. The standard InChI is InChI=1S/C11H11Cl2N/c1-14-8-3-2-5-9-6-4-7-10(12)11(9)13/h4,6-7,14H,3,8H2,1H3. The maximum atomic E-state index is 5.96. The molecule has 0 heterocycles. The minimum Gasteiger partial charge on any atom is -0.319 e. The molecule has 0 aromatic heterocycles. The number of nitrogens with one attached hydrogen (secondary N) is 1. The second kappa shape index (κ2) is 5.93. The lowest BCUT2D eigenvalue weighted by Gasteiger charge is -1.97. The molecule has 0 radical (unpaired) electrons. The summed E-state index contributed by atoms with van der Waals surface area (Å²) >= 11 is 11.8. The zero-order valence-electron chi connectivity index (χ0n) is 7.90. The zero-order chi connectivity index (χ0) is 10.4. The second-order valence-corrected chi connectivity index (χ2v) is 3.54. The van der Waals surface area contributed by atoms with Gasteiger partial charge in [0.15, 0.2) is 0 Å². The SMILES string of the molecule is CNCCC#Cc1cccc(Cl)c1Cl. The molecule has 1 rings (SSSR count). The summed E-state index contributed by atoms with van der Waals surface area (Å²) in [7, 11) is 1.90. The molecule has 1 aromatic carbocycles. The second-order valence-electron chi connectivity index (χ2n) is 2.76. The van der Waals surface area contributed by atoms with Crippen LogP contribution in [0.15, 0.2) is 18.2 Å². The topological polar surface area (TPSA) is 12.0 Å². The Labute approximate surface area is 94.4 Å². The fourth-order valence-electron chi connectivity index (χ4n) is 0.946. The van der Waals surface area contributed by atoms with Crippen molar-refractivity contribution in [3.05, 3.63) is 33.8 Å². The van der Waals surface area contributed by atoms with Gasteiger partial charge in [0.25, 0.3) is 0 Å². The molecule has 3 heteroatoms.